The Balaban J connectivity index is 2.95. The van der Waals surface area contributed by atoms with Crippen LogP contribution in [0.2, 0.25) is 5.02 Å². The molecule has 0 unspecified atom stereocenters. The van der Waals surface area contributed by atoms with E-state index in [4.69, 9.17) is 11.6 Å². The Morgan fingerprint density at radius 3 is 2.58 bits per heavy atom. The maximum absolute atomic E-state index is 6.18. The lowest BCUT2D eigenvalue weighted by molar-refractivity contribution is 0.622. The minimum absolute atomic E-state index is 0.492. The molecule has 0 aliphatic heterocycles. The molecule has 108 valence electrons. The van der Waals surface area contributed by atoms with Crippen molar-refractivity contribution in [2.24, 2.45) is 0 Å². The lowest BCUT2D eigenvalue weighted by Gasteiger charge is -2.31. The van der Waals surface area contributed by atoms with E-state index in [-0.39, 0.29) is 0 Å². The van der Waals surface area contributed by atoms with Crippen LogP contribution in [0.4, 0.5) is 5.69 Å². The van der Waals surface area contributed by atoms with Crippen molar-refractivity contribution in [1.29, 1.82) is 0 Å². The van der Waals surface area contributed by atoms with Crippen molar-refractivity contribution in [3.05, 3.63) is 28.8 Å². The molecule has 0 saturated carbocycles. The Bertz CT molecular complexity index is 377. The van der Waals surface area contributed by atoms with Crippen LogP contribution in [0.1, 0.15) is 45.6 Å². The number of unbranched alkanes of at least 4 members (excludes halogenated alkanes) is 2. The van der Waals surface area contributed by atoms with Gasteiger partial charge in [0.25, 0.3) is 0 Å². The summed E-state index contributed by atoms with van der Waals surface area (Å²) in [7, 11) is 1.98. The molecular formula is C16H27ClN2. The zero-order chi connectivity index (χ0) is 14.3. The Labute approximate surface area is 123 Å². The van der Waals surface area contributed by atoms with Crippen LogP contribution in [0.5, 0.6) is 0 Å². The molecule has 0 aliphatic carbocycles. The fourth-order valence-electron chi connectivity index (χ4n) is 2.33. The minimum atomic E-state index is 0.492. The third kappa shape index (κ3) is 5.04. The van der Waals surface area contributed by atoms with E-state index in [0.29, 0.717) is 6.04 Å². The van der Waals surface area contributed by atoms with Crippen molar-refractivity contribution in [1.82, 2.24) is 5.32 Å². The summed E-state index contributed by atoms with van der Waals surface area (Å²) in [6.45, 7) is 8.71. The maximum atomic E-state index is 6.18. The van der Waals surface area contributed by atoms with Crippen molar-refractivity contribution in [2.45, 2.75) is 52.6 Å². The first kappa shape index (κ1) is 16.3. The van der Waals surface area contributed by atoms with Gasteiger partial charge < -0.3 is 10.2 Å². The molecule has 0 bridgehead atoms. The monoisotopic (exact) mass is 282 g/mol. The van der Waals surface area contributed by atoms with Crippen LogP contribution < -0.4 is 10.2 Å². The molecular weight excluding hydrogens is 256 g/mol. The number of hydrogen-bond donors (Lipinski definition) is 1. The average molecular weight is 283 g/mol. The van der Waals surface area contributed by atoms with Crippen LogP contribution in [0.25, 0.3) is 0 Å². The smallest absolute Gasteiger partial charge is 0.0429 e. The molecule has 0 saturated heterocycles. The standard InChI is InChI=1S/C16H27ClN2/c1-5-6-7-10-19(13(2)3)16-11-15(17)9-8-14(16)12-18-4/h8-9,11,13,18H,5-7,10,12H2,1-4H3. The van der Waals surface area contributed by atoms with Gasteiger partial charge in [-0.3, -0.25) is 0 Å². The lowest BCUT2D eigenvalue weighted by Crippen LogP contribution is -2.33. The van der Waals surface area contributed by atoms with Gasteiger partial charge in [-0.2, -0.15) is 0 Å². The third-order valence-corrected chi connectivity index (χ3v) is 3.59. The average Bonchev–Trinajstić information content (AvgIpc) is 2.37. The Morgan fingerprint density at radius 1 is 1.26 bits per heavy atom. The van der Waals surface area contributed by atoms with Gasteiger partial charge >= 0.3 is 0 Å². The van der Waals surface area contributed by atoms with E-state index in [0.717, 1.165) is 18.1 Å². The van der Waals surface area contributed by atoms with Gasteiger partial charge in [-0.1, -0.05) is 37.4 Å². The molecule has 1 aromatic rings. The van der Waals surface area contributed by atoms with Crippen molar-refractivity contribution in [2.75, 3.05) is 18.5 Å². The quantitative estimate of drug-likeness (QED) is 0.708. The van der Waals surface area contributed by atoms with Crippen LogP contribution in [-0.2, 0) is 6.54 Å². The zero-order valence-corrected chi connectivity index (χ0v) is 13.4. The van der Waals surface area contributed by atoms with Crippen LogP contribution >= 0.6 is 11.6 Å². The van der Waals surface area contributed by atoms with Crippen LogP contribution in [0.15, 0.2) is 18.2 Å². The van der Waals surface area contributed by atoms with Gasteiger partial charge in [0, 0.05) is 29.8 Å². The highest BCUT2D eigenvalue weighted by Gasteiger charge is 2.14. The van der Waals surface area contributed by atoms with E-state index in [1.165, 1.54) is 30.5 Å². The molecule has 0 fully saturated rings. The minimum Gasteiger partial charge on any atom is -0.369 e. The van der Waals surface area contributed by atoms with E-state index >= 15 is 0 Å². The number of anilines is 1. The molecule has 0 spiro atoms. The SMILES string of the molecule is CCCCCN(c1cc(Cl)ccc1CNC)C(C)C. The van der Waals surface area contributed by atoms with Gasteiger partial charge in [0.1, 0.15) is 0 Å². The highest BCUT2D eigenvalue weighted by atomic mass is 35.5. The van der Waals surface area contributed by atoms with Crippen LogP contribution in [0, 0.1) is 0 Å². The normalized spacial score (nSPS) is 11.1. The lowest BCUT2D eigenvalue weighted by atomic mass is 10.1. The van der Waals surface area contributed by atoms with E-state index < -0.39 is 0 Å². The number of benzene rings is 1. The predicted octanol–water partition coefficient (Wildman–Crippen LogP) is 4.46. The second-order valence-corrected chi connectivity index (χ2v) is 5.73. The van der Waals surface area contributed by atoms with Gasteiger partial charge in [-0.05, 0) is 45.0 Å². The largest absolute Gasteiger partial charge is 0.369 e. The molecule has 1 N–H and O–H groups in total. The van der Waals surface area contributed by atoms with Gasteiger partial charge in [0.15, 0.2) is 0 Å². The fraction of sp³-hybridized carbons (Fsp3) is 0.625. The van der Waals surface area contributed by atoms with E-state index in [9.17, 15) is 0 Å². The highest BCUT2D eigenvalue weighted by Crippen LogP contribution is 2.27. The second kappa shape index (κ2) is 8.44. The molecule has 2 nitrogen and oxygen atoms in total. The molecule has 3 heteroatoms. The Morgan fingerprint density at radius 2 is 2.00 bits per heavy atom. The van der Waals surface area contributed by atoms with Crippen LogP contribution in [-0.4, -0.2) is 19.6 Å². The molecule has 1 rings (SSSR count). The van der Waals surface area contributed by atoms with Gasteiger partial charge in [0.2, 0.25) is 0 Å². The van der Waals surface area contributed by atoms with Crippen molar-refractivity contribution in [3.8, 4) is 0 Å². The summed E-state index contributed by atoms with van der Waals surface area (Å²) >= 11 is 6.18. The first-order valence-electron chi connectivity index (χ1n) is 7.29. The second-order valence-electron chi connectivity index (χ2n) is 5.30. The molecule has 0 radical (unpaired) electrons. The summed E-state index contributed by atoms with van der Waals surface area (Å²) in [5, 5.41) is 4.05. The molecule has 1 aromatic carbocycles. The van der Waals surface area contributed by atoms with Crippen molar-refractivity contribution < 1.29 is 0 Å². The predicted molar refractivity (Wildman–Crippen MR) is 86.2 cm³/mol. The third-order valence-electron chi connectivity index (χ3n) is 3.35. The molecule has 0 aromatic heterocycles. The number of halogens is 1. The molecule has 0 aliphatic rings. The summed E-state index contributed by atoms with van der Waals surface area (Å²) in [5.41, 5.74) is 2.59. The molecule has 0 amide bonds. The molecule has 19 heavy (non-hydrogen) atoms. The van der Waals surface area contributed by atoms with Crippen molar-refractivity contribution in [3.63, 3.8) is 0 Å². The van der Waals surface area contributed by atoms with Gasteiger partial charge in [-0.25, -0.2) is 0 Å². The zero-order valence-electron chi connectivity index (χ0n) is 12.7. The number of rotatable bonds is 8. The van der Waals surface area contributed by atoms with E-state index in [1.54, 1.807) is 0 Å². The summed E-state index contributed by atoms with van der Waals surface area (Å²) in [5.74, 6) is 0. The summed E-state index contributed by atoms with van der Waals surface area (Å²) in [6, 6.07) is 6.69. The Kier molecular flexibility index (Phi) is 7.25. The number of nitrogens with one attached hydrogen (secondary N) is 1. The maximum Gasteiger partial charge on any atom is 0.0429 e. The topological polar surface area (TPSA) is 15.3 Å². The highest BCUT2D eigenvalue weighted by molar-refractivity contribution is 6.30. The van der Waals surface area contributed by atoms with Gasteiger partial charge in [0.05, 0.1) is 0 Å². The Hall–Kier alpha value is -0.730. The summed E-state index contributed by atoms with van der Waals surface area (Å²) in [4.78, 5) is 2.47. The van der Waals surface area contributed by atoms with E-state index in [1.807, 2.05) is 13.1 Å². The first-order valence-corrected chi connectivity index (χ1v) is 7.67. The first-order chi connectivity index (χ1) is 9.10. The van der Waals surface area contributed by atoms with E-state index in [2.05, 4.69) is 43.1 Å². The summed E-state index contributed by atoms with van der Waals surface area (Å²) < 4.78 is 0. The van der Waals surface area contributed by atoms with Crippen molar-refractivity contribution >= 4 is 17.3 Å². The fourth-order valence-corrected chi connectivity index (χ4v) is 2.50. The molecule has 0 atom stereocenters. The summed E-state index contributed by atoms with van der Waals surface area (Å²) in [6.07, 6.45) is 3.77. The molecule has 0 heterocycles. The van der Waals surface area contributed by atoms with Gasteiger partial charge in [-0.15, -0.1) is 0 Å². The number of hydrogen-bond acceptors (Lipinski definition) is 2. The number of nitrogens with zero attached hydrogens (tertiary/aromatic N) is 1. The van der Waals surface area contributed by atoms with Crippen LogP contribution in [0.3, 0.4) is 0 Å².